The summed E-state index contributed by atoms with van der Waals surface area (Å²) in [5.41, 5.74) is 6.68. The fraction of sp³-hybridized carbons (Fsp3) is 0.231. The van der Waals surface area contributed by atoms with Crippen molar-refractivity contribution < 1.29 is 14.3 Å². The molecule has 5 rings (SSSR count). The number of rotatable bonds is 6. The maximum Gasteiger partial charge on any atom is 0.337 e. The van der Waals surface area contributed by atoms with Crippen molar-refractivity contribution in [2.45, 2.75) is 25.2 Å². The number of nitrogens with one attached hydrogen (secondary N) is 1. The molecule has 0 radical (unpaired) electrons. The van der Waals surface area contributed by atoms with Crippen LogP contribution < -0.4 is 10.2 Å². The summed E-state index contributed by atoms with van der Waals surface area (Å²) in [6, 6.07) is 16.4. The molecule has 0 fully saturated rings. The topological polar surface area (TPSA) is 78.6 Å². The highest BCUT2D eigenvalue weighted by Crippen LogP contribution is 2.36. The number of fused-ring (bicyclic) bond motifs is 2. The van der Waals surface area contributed by atoms with Gasteiger partial charge < -0.3 is 19.7 Å². The van der Waals surface area contributed by atoms with E-state index in [1.165, 1.54) is 23.4 Å². The maximum atomic E-state index is 11.5. The Bertz CT molecular complexity index is 1280. The van der Waals surface area contributed by atoms with Crippen molar-refractivity contribution in [2.24, 2.45) is 0 Å². The summed E-state index contributed by atoms with van der Waals surface area (Å²) in [5, 5.41) is 13.8. The van der Waals surface area contributed by atoms with Crippen molar-refractivity contribution >= 4 is 34.0 Å². The van der Waals surface area contributed by atoms with E-state index in [2.05, 4.69) is 52.6 Å². The van der Waals surface area contributed by atoms with Crippen molar-refractivity contribution in [3.8, 4) is 0 Å². The maximum absolute atomic E-state index is 11.5. The van der Waals surface area contributed by atoms with Crippen molar-refractivity contribution in [3.63, 3.8) is 0 Å². The normalized spacial score (nSPS) is 15.3. The molecule has 0 spiro atoms. The molecule has 4 aromatic rings. The quantitative estimate of drug-likeness (QED) is 0.403. The molecule has 0 aliphatic heterocycles. The molecule has 0 amide bonds. The fourth-order valence-electron chi connectivity index (χ4n) is 4.59. The van der Waals surface area contributed by atoms with Gasteiger partial charge in [0.2, 0.25) is 0 Å². The van der Waals surface area contributed by atoms with Gasteiger partial charge in [0.25, 0.3) is 0 Å². The van der Waals surface area contributed by atoms with E-state index in [4.69, 9.17) is 4.42 Å². The second-order valence-corrected chi connectivity index (χ2v) is 8.28. The summed E-state index contributed by atoms with van der Waals surface area (Å²) in [7, 11) is 2.08. The number of carboxylic acids is 1. The molecule has 0 saturated heterocycles. The monoisotopic (exact) mass is 427 g/mol. The van der Waals surface area contributed by atoms with E-state index >= 15 is 0 Å². The summed E-state index contributed by atoms with van der Waals surface area (Å²) in [4.78, 5) is 17.7. The number of anilines is 3. The molecule has 32 heavy (non-hydrogen) atoms. The van der Waals surface area contributed by atoms with Crippen LogP contribution in [0.2, 0.25) is 0 Å². The summed E-state index contributed by atoms with van der Waals surface area (Å²) in [6.45, 7) is 0.686. The Morgan fingerprint density at radius 2 is 2.03 bits per heavy atom. The van der Waals surface area contributed by atoms with Crippen LogP contribution in [0.25, 0.3) is 11.0 Å². The molecule has 2 aromatic carbocycles. The van der Waals surface area contributed by atoms with Gasteiger partial charge in [-0.3, -0.25) is 4.98 Å². The molecule has 162 valence electrons. The van der Waals surface area contributed by atoms with Crippen LogP contribution in [0.4, 0.5) is 17.1 Å². The Morgan fingerprint density at radius 3 is 2.91 bits per heavy atom. The van der Waals surface area contributed by atoms with E-state index in [9.17, 15) is 9.90 Å². The van der Waals surface area contributed by atoms with Crippen LogP contribution in [0, 0.1) is 0 Å². The number of carboxylic acid groups (broad SMARTS) is 1. The third kappa shape index (κ3) is 3.80. The fourth-order valence-corrected chi connectivity index (χ4v) is 4.59. The number of aromatic carboxylic acids is 1. The molecule has 0 bridgehead atoms. The molecule has 0 unspecified atom stereocenters. The summed E-state index contributed by atoms with van der Waals surface area (Å²) < 4.78 is 5.46. The Balaban J connectivity index is 1.36. The van der Waals surface area contributed by atoms with Crippen LogP contribution in [-0.4, -0.2) is 29.7 Å². The number of hydrogen-bond acceptors (Lipinski definition) is 5. The van der Waals surface area contributed by atoms with Crippen molar-refractivity contribution in [3.05, 3.63) is 83.9 Å². The van der Waals surface area contributed by atoms with E-state index in [-0.39, 0.29) is 5.56 Å². The minimum Gasteiger partial charge on any atom is -0.478 e. The third-order valence-electron chi connectivity index (χ3n) is 6.37. The van der Waals surface area contributed by atoms with Crippen molar-refractivity contribution in [2.75, 3.05) is 23.8 Å². The van der Waals surface area contributed by atoms with E-state index in [0.29, 0.717) is 18.2 Å². The predicted octanol–water partition coefficient (Wildman–Crippen LogP) is 5.83. The largest absolute Gasteiger partial charge is 0.478 e. The average molecular weight is 428 g/mol. The molecule has 2 aromatic heterocycles. The molecule has 1 aliphatic rings. The lowest BCUT2D eigenvalue weighted by molar-refractivity contribution is 0.0697. The Hall–Kier alpha value is -3.80. The van der Waals surface area contributed by atoms with Crippen LogP contribution in [0.1, 0.15) is 40.2 Å². The summed E-state index contributed by atoms with van der Waals surface area (Å²) in [6.07, 6.45) is 8.06. The van der Waals surface area contributed by atoms with Gasteiger partial charge in [-0.15, -0.1) is 0 Å². The average Bonchev–Trinajstić information content (AvgIpc) is 3.30. The molecule has 6 heteroatoms. The molecule has 2 N–H and O–H groups in total. The Kier molecular flexibility index (Phi) is 5.27. The van der Waals surface area contributed by atoms with Gasteiger partial charge in [-0.25, -0.2) is 4.79 Å². The van der Waals surface area contributed by atoms with E-state index in [1.54, 1.807) is 12.5 Å². The lowest BCUT2D eigenvalue weighted by Gasteiger charge is -2.28. The Morgan fingerprint density at radius 1 is 1.19 bits per heavy atom. The number of aryl methyl sites for hydroxylation is 1. The SMILES string of the molecule is CN(c1ccc2c(c1)CCC[C@H]2CNc1cnccc1C(=O)O)c1ccc2occc2c1. The third-order valence-corrected chi connectivity index (χ3v) is 6.37. The van der Waals surface area contributed by atoms with E-state index in [1.807, 2.05) is 12.1 Å². The highest BCUT2D eigenvalue weighted by Gasteiger charge is 2.22. The molecular weight excluding hydrogens is 402 g/mol. The summed E-state index contributed by atoms with van der Waals surface area (Å²) in [5.74, 6) is -0.609. The number of benzene rings is 2. The van der Waals surface area contributed by atoms with Gasteiger partial charge in [0.15, 0.2) is 0 Å². The van der Waals surface area contributed by atoms with Gasteiger partial charge in [-0.05, 0) is 72.9 Å². The highest BCUT2D eigenvalue weighted by atomic mass is 16.4. The smallest absolute Gasteiger partial charge is 0.337 e. The number of pyridine rings is 1. The number of aromatic nitrogens is 1. The number of furan rings is 1. The second-order valence-electron chi connectivity index (χ2n) is 8.28. The number of carbonyl (C=O) groups is 1. The minimum atomic E-state index is -0.944. The van der Waals surface area contributed by atoms with Gasteiger partial charge in [0.05, 0.1) is 23.7 Å². The van der Waals surface area contributed by atoms with Crippen molar-refractivity contribution in [1.29, 1.82) is 0 Å². The zero-order valence-corrected chi connectivity index (χ0v) is 17.9. The van der Waals surface area contributed by atoms with E-state index in [0.717, 1.165) is 41.6 Å². The Labute approximate surface area is 186 Å². The molecular formula is C26H25N3O3. The van der Waals surface area contributed by atoms with Gasteiger partial charge in [0.1, 0.15) is 5.58 Å². The molecule has 1 aliphatic carbocycles. The molecule has 0 saturated carbocycles. The lowest BCUT2D eigenvalue weighted by atomic mass is 9.82. The lowest BCUT2D eigenvalue weighted by Crippen LogP contribution is -2.20. The van der Waals surface area contributed by atoms with Crippen LogP contribution >= 0.6 is 0 Å². The van der Waals surface area contributed by atoms with Crippen LogP contribution in [-0.2, 0) is 6.42 Å². The minimum absolute atomic E-state index is 0.252. The van der Waals surface area contributed by atoms with Gasteiger partial charge >= 0.3 is 5.97 Å². The molecule has 1 atom stereocenters. The zero-order chi connectivity index (χ0) is 22.1. The van der Waals surface area contributed by atoms with Crippen molar-refractivity contribution in [1.82, 2.24) is 4.98 Å². The van der Waals surface area contributed by atoms with Crippen LogP contribution in [0.3, 0.4) is 0 Å². The van der Waals surface area contributed by atoms with Crippen LogP contribution in [0.5, 0.6) is 0 Å². The number of nitrogens with zero attached hydrogens (tertiary/aromatic N) is 2. The predicted molar refractivity (Wildman–Crippen MR) is 126 cm³/mol. The molecule has 2 heterocycles. The van der Waals surface area contributed by atoms with Gasteiger partial charge in [-0.1, -0.05) is 6.07 Å². The standard InChI is InChI=1S/C26H25N3O3/c1-29(21-6-8-25-18(14-21)10-12-32-25)20-5-7-22-17(13-20)3-2-4-19(22)15-28-24-16-27-11-9-23(24)26(30)31/h5-14,16,19,28H,2-4,15H2,1H3,(H,30,31)/t19-/m0/s1. The highest BCUT2D eigenvalue weighted by molar-refractivity contribution is 5.93. The van der Waals surface area contributed by atoms with E-state index < -0.39 is 5.97 Å². The van der Waals surface area contributed by atoms with Crippen LogP contribution in [0.15, 0.2) is 71.6 Å². The first-order valence-corrected chi connectivity index (χ1v) is 10.8. The van der Waals surface area contributed by atoms with Gasteiger partial charge in [-0.2, -0.15) is 0 Å². The first-order valence-electron chi connectivity index (χ1n) is 10.8. The first kappa shape index (κ1) is 20.1. The first-order chi connectivity index (χ1) is 15.6. The zero-order valence-electron chi connectivity index (χ0n) is 17.9. The second kappa shape index (κ2) is 8.38. The van der Waals surface area contributed by atoms with Gasteiger partial charge in [0, 0.05) is 42.5 Å². The molecule has 6 nitrogen and oxygen atoms in total. The summed E-state index contributed by atoms with van der Waals surface area (Å²) >= 11 is 0. The number of hydrogen-bond donors (Lipinski definition) is 2.